The van der Waals surface area contributed by atoms with E-state index in [1.165, 1.54) is 37.5 Å². The molecule has 2 fully saturated rings. The summed E-state index contributed by atoms with van der Waals surface area (Å²) >= 11 is 0. The molecule has 1 heterocycles. The van der Waals surface area contributed by atoms with Crippen molar-refractivity contribution < 1.29 is 19.5 Å². The molecule has 1 aliphatic carbocycles. The number of hydrogen-bond donors (Lipinski definition) is 2. The van der Waals surface area contributed by atoms with Gasteiger partial charge in [-0.3, -0.25) is 14.5 Å². The number of carbonyl (C=O) groups excluding carboxylic acids is 2. The lowest BCUT2D eigenvalue weighted by molar-refractivity contribution is -0.136. The summed E-state index contributed by atoms with van der Waals surface area (Å²) in [4.78, 5) is 40.2. The van der Waals surface area contributed by atoms with Crippen molar-refractivity contribution in [3.8, 4) is 0 Å². The number of rotatable bonds is 7. The van der Waals surface area contributed by atoms with E-state index in [4.69, 9.17) is 5.11 Å². The molecular weight excluding hydrogens is 370 g/mol. The van der Waals surface area contributed by atoms with Crippen LogP contribution in [0.15, 0.2) is 11.6 Å². The van der Waals surface area contributed by atoms with Crippen LogP contribution in [0.1, 0.15) is 52.9 Å². The number of likely N-dealkylation sites (tertiary alicyclic amines) is 1. The minimum Gasteiger partial charge on any atom is -0.478 e. The first kappa shape index (κ1) is 23.4. The molecule has 0 aromatic rings. The summed E-state index contributed by atoms with van der Waals surface area (Å²) < 4.78 is 0. The molecule has 2 aliphatic rings. The number of piperidine rings is 1. The van der Waals surface area contributed by atoms with Crippen molar-refractivity contribution in [2.45, 2.75) is 65.0 Å². The molecule has 1 saturated heterocycles. The van der Waals surface area contributed by atoms with Crippen LogP contribution in [0.5, 0.6) is 0 Å². The van der Waals surface area contributed by atoms with Crippen LogP contribution in [0, 0.1) is 17.8 Å². The van der Waals surface area contributed by atoms with Crippen LogP contribution >= 0.6 is 0 Å². The molecule has 7 nitrogen and oxygen atoms in total. The standard InChI is InChI=1S/C22H37N3O4/c1-14(2)18(10-15(3)22(28)29)25(5)20(26)12-23-21(27)19-11-16-8-6-7-9-17(16)13-24(19)4/h10,14,16-19H,6-9,11-13H2,1-5H3,(H,23,27)(H,28,29)/b15-10+. The Bertz CT molecular complexity index is 646. The summed E-state index contributed by atoms with van der Waals surface area (Å²) in [6.45, 7) is 6.28. The molecule has 2 amide bonds. The summed E-state index contributed by atoms with van der Waals surface area (Å²) in [6, 6.07) is -0.515. The Labute approximate surface area is 174 Å². The van der Waals surface area contributed by atoms with Crippen molar-refractivity contribution in [2.24, 2.45) is 17.8 Å². The Balaban J connectivity index is 1.93. The van der Waals surface area contributed by atoms with Gasteiger partial charge in [0.1, 0.15) is 0 Å². The summed E-state index contributed by atoms with van der Waals surface area (Å²) in [5, 5.41) is 11.9. The van der Waals surface area contributed by atoms with Gasteiger partial charge in [0.15, 0.2) is 0 Å². The molecule has 1 aliphatic heterocycles. The average molecular weight is 408 g/mol. The van der Waals surface area contributed by atoms with Crippen LogP contribution in [-0.4, -0.2) is 72.0 Å². The van der Waals surface area contributed by atoms with Gasteiger partial charge >= 0.3 is 5.97 Å². The van der Waals surface area contributed by atoms with Crippen molar-refractivity contribution in [2.75, 3.05) is 27.2 Å². The van der Waals surface area contributed by atoms with E-state index < -0.39 is 5.97 Å². The van der Waals surface area contributed by atoms with E-state index in [1.54, 1.807) is 13.1 Å². The number of nitrogens with zero attached hydrogens (tertiary/aromatic N) is 2. The molecule has 7 heteroatoms. The molecule has 29 heavy (non-hydrogen) atoms. The van der Waals surface area contributed by atoms with Crippen molar-refractivity contribution in [3.63, 3.8) is 0 Å². The Morgan fingerprint density at radius 3 is 2.41 bits per heavy atom. The minimum atomic E-state index is -0.994. The molecule has 0 aromatic heterocycles. The second kappa shape index (κ2) is 10.2. The van der Waals surface area contributed by atoms with E-state index in [1.807, 2.05) is 20.9 Å². The first-order valence-electron chi connectivity index (χ1n) is 10.8. The number of hydrogen-bond acceptors (Lipinski definition) is 4. The second-order valence-corrected chi connectivity index (χ2v) is 9.11. The van der Waals surface area contributed by atoms with Gasteiger partial charge in [0.05, 0.1) is 18.6 Å². The van der Waals surface area contributed by atoms with Crippen LogP contribution in [-0.2, 0) is 14.4 Å². The van der Waals surface area contributed by atoms with E-state index in [9.17, 15) is 14.4 Å². The van der Waals surface area contributed by atoms with Gasteiger partial charge in [0, 0.05) is 19.2 Å². The molecule has 164 valence electrons. The summed E-state index contributed by atoms with van der Waals surface area (Å²) in [5.74, 6) is 0.0649. The van der Waals surface area contributed by atoms with E-state index >= 15 is 0 Å². The lowest BCUT2D eigenvalue weighted by Gasteiger charge is -2.44. The summed E-state index contributed by atoms with van der Waals surface area (Å²) in [5.41, 5.74) is 0.207. The van der Waals surface area contributed by atoms with Crippen molar-refractivity contribution in [3.05, 3.63) is 11.6 Å². The minimum absolute atomic E-state index is 0.0571. The maximum absolute atomic E-state index is 12.8. The Morgan fingerprint density at radius 2 is 1.83 bits per heavy atom. The number of carboxylic acids is 1. The SMILES string of the molecule is C/C(=C\C(C(C)C)N(C)C(=O)CNC(=O)C1CC2CCCCC2CN1C)C(=O)O. The number of likely N-dealkylation sites (N-methyl/N-ethyl adjacent to an activating group) is 2. The first-order chi connectivity index (χ1) is 13.6. The monoisotopic (exact) mass is 407 g/mol. The molecule has 2 N–H and O–H groups in total. The Hall–Kier alpha value is -1.89. The Kier molecular flexibility index (Phi) is 8.25. The molecule has 1 saturated carbocycles. The predicted molar refractivity (Wildman–Crippen MR) is 112 cm³/mol. The normalized spacial score (nSPS) is 26.6. The number of fused-ring (bicyclic) bond motifs is 1. The fraction of sp³-hybridized carbons (Fsp3) is 0.773. The molecule has 4 unspecified atom stereocenters. The molecule has 4 atom stereocenters. The smallest absolute Gasteiger partial charge is 0.331 e. The lowest BCUT2D eigenvalue weighted by Crippen LogP contribution is -2.54. The molecular formula is C22H37N3O4. The first-order valence-corrected chi connectivity index (χ1v) is 10.8. The molecule has 0 spiro atoms. The van der Waals surface area contributed by atoms with Crippen LogP contribution in [0.3, 0.4) is 0 Å². The topological polar surface area (TPSA) is 90.0 Å². The van der Waals surface area contributed by atoms with Crippen molar-refractivity contribution in [1.29, 1.82) is 0 Å². The van der Waals surface area contributed by atoms with Crippen LogP contribution in [0.4, 0.5) is 0 Å². The van der Waals surface area contributed by atoms with E-state index in [0.29, 0.717) is 11.8 Å². The maximum Gasteiger partial charge on any atom is 0.331 e. The highest BCUT2D eigenvalue weighted by Crippen LogP contribution is 2.37. The highest BCUT2D eigenvalue weighted by molar-refractivity contribution is 5.88. The zero-order valence-electron chi connectivity index (χ0n) is 18.5. The summed E-state index contributed by atoms with van der Waals surface area (Å²) in [6.07, 6.45) is 7.47. The highest BCUT2D eigenvalue weighted by atomic mass is 16.4. The van der Waals surface area contributed by atoms with E-state index in [0.717, 1.165) is 13.0 Å². The fourth-order valence-electron chi connectivity index (χ4n) is 4.76. The maximum atomic E-state index is 12.8. The van der Waals surface area contributed by atoms with Gasteiger partial charge in [0.25, 0.3) is 0 Å². The third-order valence-electron chi connectivity index (χ3n) is 6.65. The van der Waals surface area contributed by atoms with Gasteiger partial charge < -0.3 is 15.3 Å². The zero-order valence-corrected chi connectivity index (χ0v) is 18.5. The van der Waals surface area contributed by atoms with Crippen molar-refractivity contribution >= 4 is 17.8 Å². The zero-order chi connectivity index (χ0) is 21.7. The molecule has 2 rings (SSSR count). The second-order valence-electron chi connectivity index (χ2n) is 9.11. The number of carboxylic acid groups (broad SMARTS) is 1. The van der Waals surface area contributed by atoms with Gasteiger partial charge in [-0.05, 0) is 44.6 Å². The van der Waals surface area contributed by atoms with E-state index in [2.05, 4.69) is 10.2 Å². The van der Waals surface area contributed by atoms with Crippen molar-refractivity contribution in [1.82, 2.24) is 15.1 Å². The van der Waals surface area contributed by atoms with Crippen LogP contribution in [0.2, 0.25) is 0 Å². The van der Waals surface area contributed by atoms with Gasteiger partial charge in [-0.15, -0.1) is 0 Å². The molecule has 0 radical (unpaired) electrons. The van der Waals surface area contributed by atoms with Crippen LogP contribution in [0.25, 0.3) is 0 Å². The number of carbonyl (C=O) groups is 3. The largest absolute Gasteiger partial charge is 0.478 e. The number of nitrogens with one attached hydrogen (secondary N) is 1. The third kappa shape index (κ3) is 6.04. The third-order valence-corrected chi connectivity index (χ3v) is 6.65. The van der Waals surface area contributed by atoms with Gasteiger partial charge in [-0.1, -0.05) is 39.2 Å². The van der Waals surface area contributed by atoms with Crippen LogP contribution < -0.4 is 5.32 Å². The van der Waals surface area contributed by atoms with Gasteiger partial charge in [-0.25, -0.2) is 4.79 Å². The fourth-order valence-corrected chi connectivity index (χ4v) is 4.76. The summed E-state index contributed by atoms with van der Waals surface area (Å²) in [7, 11) is 3.65. The number of amides is 2. The Morgan fingerprint density at radius 1 is 1.21 bits per heavy atom. The van der Waals surface area contributed by atoms with E-state index in [-0.39, 0.29) is 41.9 Å². The molecule has 0 aromatic carbocycles. The quantitative estimate of drug-likeness (QED) is 0.631. The number of aliphatic carboxylic acids is 1. The molecule has 0 bridgehead atoms. The highest BCUT2D eigenvalue weighted by Gasteiger charge is 2.38. The lowest BCUT2D eigenvalue weighted by atomic mass is 9.73. The average Bonchev–Trinajstić information content (AvgIpc) is 2.68. The predicted octanol–water partition coefficient (Wildman–Crippen LogP) is 2.13. The van der Waals surface area contributed by atoms with Gasteiger partial charge in [0.2, 0.25) is 11.8 Å². The van der Waals surface area contributed by atoms with Gasteiger partial charge in [-0.2, -0.15) is 0 Å².